The van der Waals surface area contributed by atoms with Gasteiger partial charge in [-0.3, -0.25) is 9.69 Å². The standard InChI is InChI=1S/C23H22N2O5S2/c1-15-6-7-16(2)22-21(15)24-23(31-22)25(13-18-5-4-12-30-18)20(26)14-32(27,28)19-10-8-17(29-3)9-11-19/h4-12H,13-14H2,1-3H3. The van der Waals surface area contributed by atoms with Crippen LogP contribution in [0.25, 0.3) is 10.2 Å². The number of hydrogen-bond acceptors (Lipinski definition) is 7. The molecule has 166 valence electrons. The predicted molar refractivity (Wildman–Crippen MR) is 124 cm³/mol. The van der Waals surface area contributed by atoms with Crippen LogP contribution in [0.1, 0.15) is 16.9 Å². The van der Waals surface area contributed by atoms with Gasteiger partial charge in [0.05, 0.1) is 35.0 Å². The monoisotopic (exact) mass is 470 g/mol. The minimum atomic E-state index is -3.86. The van der Waals surface area contributed by atoms with Gasteiger partial charge >= 0.3 is 0 Å². The Bertz CT molecular complexity index is 1320. The molecule has 0 fully saturated rings. The molecule has 0 aliphatic heterocycles. The third-order valence-electron chi connectivity index (χ3n) is 5.09. The normalized spacial score (nSPS) is 11.6. The summed E-state index contributed by atoms with van der Waals surface area (Å²) in [4.78, 5) is 19.4. The zero-order valence-electron chi connectivity index (χ0n) is 17.9. The van der Waals surface area contributed by atoms with Crippen molar-refractivity contribution < 1.29 is 22.4 Å². The number of rotatable bonds is 7. The molecule has 0 saturated carbocycles. The van der Waals surface area contributed by atoms with Crippen molar-refractivity contribution in [3.8, 4) is 5.75 Å². The number of carbonyl (C=O) groups excluding carboxylic acids is 1. The first-order valence-corrected chi connectivity index (χ1v) is 12.3. The molecule has 0 atom stereocenters. The number of nitrogens with zero attached hydrogens (tertiary/aromatic N) is 2. The average Bonchev–Trinajstić information content (AvgIpc) is 3.45. The molecule has 0 bridgehead atoms. The number of furan rings is 1. The van der Waals surface area contributed by atoms with Gasteiger partial charge in [0.1, 0.15) is 17.3 Å². The van der Waals surface area contributed by atoms with Crippen molar-refractivity contribution in [2.45, 2.75) is 25.3 Å². The van der Waals surface area contributed by atoms with Gasteiger partial charge in [-0.2, -0.15) is 0 Å². The van der Waals surface area contributed by atoms with Gasteiger partial charge in [0.15, 0.2) is 15.0 Å². The van der Waals surface area contributed by atoms with Gasteiger partial charge in [0.2, 0.25) is 5.91 Å². The van der Waals surface area contributed by atoms with Gasteiger partial charge in [-0.05, 0) is 61.4 Å². The molecule has 0 aliphatic carbocycles. The molecule has 4 rings (SSSR count). The quantitative estimate of drug-likeness (QED) is 0.394. The minimum absolute atomic E-state index is 0.0561. The van der Waals surface area contributed by atoms with E-state index in [0.717, 1.165) is 21.3 Å². The Hall–Kier alpha value is -3.17. The van der Waals surface area contributed by atoms with Gasteiger partial charge in [-0.25, -0.2) is 13.4 Å². The highest BCUT2D eigenvalue weighted by Crippen LogP contribution is 2.34. The molecule has 0 radical (unpaired) electrons. The largest absolute Gasteiger partial charge is 0.497 e. The zero-order chi connectivity index (χ0) is 22.9. The maximum absolute atomic E-state index is 13.3. The number of benzene rings is 2. The van der Waals surface area contributed by atoms with Crippen LogP contribution in [0.3, 0.4) is 0 Å². The van der Waals surface area contributed by atoms with Gasteiger partial charge in [0.25, 0.3) is 0 Å². The number of carbonyl (C=O) groups is 1. The van der Waals surface area contributed by atoms with E-state index < -0.39 is 21.5 Å². The number of hydrogen-bond donors (Lipinski definition) is 0. The maximum Gasteiger partial charge on any atom is 0.244 e. The first kappa shape index (κ1) is 22.0. The van der Waals surface area contributed by atoms with Crippen molar-refractivity contribution in [3.05, 3.63) is 71.7 Å². The first-order chi connectivity index (χ1) is 15.3. The van der Waals surface area contributed by atoms with E-state index in [1.807, 2.05) is 26.0 Å². The minimum Gasteiger partial charge on any atom is -0.497 e. The highest BCUT2D eigenvalue weighted by atomic mass is 32.2. The summed E-state index contributed by atoms with van der Waals surface area (Å²) in [5.74, 6) is -0.192. The highest BCUT2D eigenvalue weighted by Gasteiger charge is 2.28. The lowest BCUT2D eigenvalue weighted by Gasteiger charge is -2.18. The van der Waals surface area contributed by atoms with Crippen LogP contribution in [0, 0.1) is 13.8 Å². The van der Waals surface area contributed by atoms with Crippen LogP contribution < -0.4 is 9.64 Å². The lowest BCUT2D eigenvalue weighted by Crippen LogP contribution is -2.35. The molecule has 2 aromatic carbocycles. The Morgan fingerprint density at radius 1 is 1.09 bits per heavy atom. The van der Waals surface area contributed by atoms with Crippen molar-refractivity contribution in [1.29, 1.82) is 0 Å². The second-order valence-corrected chi connectivity index (χ2v) is 10.3. The fourth-order valence-electron chi connectivity index (χ4n) is 3.29. The zero-order valence-corrected chi connectivity index (χ0v) is 19.5. The summed E-state index contributed by atoms with van der Waals surface area (Å²) in [7, 11) is -2.36. The molecule has 2 aromatic heterocycles. The summed E-state index contributed by atoms with van der Waals surface area (Å²) < 4.78 is 37.3. The van der Waals surface area contributed by atoms with Crippen molar-refractivity contribution in [3.63, 3.8) is 0 Å². The second-order valence-electron chi connectivity index (χ2n) is 7.37. The number of thiazole rings is 1. The van der Waals surface area contributed by atoms with E-state index in [2.05, 4.69) is 4.98 Å². The Kier molecular flexibility index (Phi) is 6.03. The number of fused-ring (bicyclic) bond motifs is 1. The van der Waals surface area contributed by atoms with Gasteiger partial charge in [-0.15, -0.1) is 0 Å². The van der Waals surface area contributed by atoms with Gasteiger partial charge < -0.3 is 9.15 Å². The van der Waals surface area contributed by atoms with Crippen molar-refractivity contribution >= 4 is 42.4 Å². The van der Waals surface area contributed by atoms with Crippen molar-refractivity contribution in [2.24, 2.45) is 0 Å². The Morgan fingerprint density at radius 3 is 2.44 bits per heavy atom. The van der Waals surface area contributed by atoms with E-state index in [0.29, 0.717) is 16.6 Å². The fraction of sp³-hybridized carbons (Fsp3) is 0.217. The van der Waals surface area contributed by atoms with Crippen LogP contribution in [-0.2, 0) is 21.2 Å². The molecule has 0 aliphatic rings. The predicted octanol–water partition coefficient (Wildman–Crippen LogP) is 4.52. The summed E-state index contributed by atoms with van der Waals surface area (Å²) in [6, 6.07) is 13.4. The van der Waals surface area contributed by atoms with E-state index in [1.165, 1.54) is 41.7 Å². The number of aryl methyl sites for hydroxylation is 2. The maximum atomic E-state index is 13.3. The van der Waals surface area contributed by atoms with Crippen LogP contribution >= 0.6 is 11.3 Å². The van der Waals surface area contributed by atoms with Gasteiger partial charge in [-0.1, -0.05) is 23.5 Å². The van der Waals surface area contributed by atoms with Gasteiger partial charge in [0, 0.05) is 0 Å². The lowest BCUT2D eigenvalue weighted by atomic mass is 10.1. The second kappa shape index (κ2) is 8.76. The fourth-order valence-corrected chi connectivity index (χ4v) is 5.62. The number of anilines is 1. The molecule has 0 saturated heterocycles. The molecule has 0 N–H and O–H groups in total. The van der Waals surface area contributed by atoms with E-state index in [4.69, 9.17) is 9.15 Å². The molecule has 2 heterocycles. The number of aromatic nitrogens is 1. The molecular formula is C23H22N2O5S2. The molecule has 0 spiro atoms. The number of methoxy groups -OCH3 is 1. The first-order valence-electron chi connectivity index (χ1n) is 9.85. The Balaban J connectivity index is 1.69. The molecule has 1 amide bonds. The topological polar surface area (TPSA) is 89.7 Å². The molecular weight excluding hydrogens is 448 g/mol. The van der Waals surface area contributed by atoms with E-state index in [-0.39, 0.29) is 11.4 Å². The summed E-state index contributed by atoms with van der Waals surface area (Å²) >= 11 is 1.36. The van der Waals surface area contributed by atoms with E-state index >= 15 is 0 Å². The summed E-state index contributed by atoms with van der Waals surface area (Å²) in [6.45, 7) is 4.02. The van der Waals surface area contributed by atoms with Crippen molar-refractivity contribution in [2.75, 3.05) is 17.8 Å². The van der Waals surface area contributed by atoms with Crippen LogP contribution in [0.15, 0.2) is 64.1 Å². The molecule has 7 nitrogen and oxygen atoms in total. The molecule has 0 unspecified atom stereocenters. The van der Waals surface area contributed by atoms with Crippen LogP contribution in [0.4, 0.5) is 5.13 Å². The highest BCUT2D eigenvalue weighted by molar-refractivity contribution is 7.92. The third-order valence-corrected chi connectivity index (χ3v) is 7.92. The van der Waals surface area contributed by atoms with E-state index in [1.54, 1.807) is 24.3 Å². The number of ether oxygens (including phenoxy) is 1. The van der Waals surface area contributed by atoms with Crippen LogP contribution in [-0.4, -0.2) is 32.2 Å². The Labute approximate surface area is 190 Å². The average molecular weight is 471 g/mol. The van der Waals surface area contributed by atoms with E-state index in [9.17, 15) is 13.2 Å². The number of sulfone groups is 1. The SMILES string of the molecule is COc1ccc(S(=O)(=O)CC(=O)N(Cc2ccco2)c2nc3c(C)ccc(C)c3s2)cc1. The Morgan fingerprint density at radius 2 is 1.81 bits per heavy atom. The molecule has 32 heavy (non-hydrogen) atoms. The summed E-state index contributed by atoms with van der Waals surface area (Å²) in [5.41, 5.74) is 2.84. The number of amides is 1. The third kappa shape index (κ3) is 4.39. The molecule has 4 aromatic rings. The smallest absolute Gasteiger partial charge is 0.244 e. The van der Waals surface area contributed by atoms with Crippen LogP contribution in [0.2, 0.25) is 0 Å². The summed E-state index contributed by atoms with van der Waals surface area (Å²) in [6.07, 6.45) is 1.51. The van der Waals surface area contributed by atoms with Crippen molar-refractivity contribution in [1.82, 2.24) is 4.98 Å². The summed E-state index contributed by atoms with van der Waals surface area (Å²) in [5, 5.41) is 0.434. The van der Waals surface area contributed by atoms with Crippen LogP contribution in [0.5, 0.6) is 5.75 Å². The molecule has 9 heteroatoms. The lowest BCUT2D eigenvalue weighted by molar-refractivity contribution is -0.116.